The predicted octanol–water partition coefficient (Wildman–Crippen LogP) is 4.76. The average Bonchev–Trinajstić information content (AvgIpc) is 2.64. The Bertz CT molecular complexity index is 574. The van der Waals surface area contributed by atoms with Gasteiger partial charge in [-0.25, -0.2) is 4.79 Å². The number of unbranched alkanes of at least 4 members (excludes halogenated alkanes) is 1. The lowest BCUT2D eigenvalue weighted by Gasteiger charge is -2.33. The molecule has 1 amide bonds. The maximum absolute atomic E-state index is 12.1. The molecule has 5 nitrogen and oxygen atoms in total. The van der Waals surface area contributed by atoms with Crippen LogP contribution in [0.5, 0.6) is 0 Å². The summed E-state index contributed by atoms with van der Waals surface area (Å²) in [6, 6.07) is 9.59. The maximum atomic E-state index is 12.1. The number of carbonyl (C=O) groups excluding carboxylic acids is 2. The number of carbonyl (C=O) groups is 2. The van der Waals surface area contributed by atoms with E-state index in [1.165, 1.54) is 0 Å². The van der Waals surface area contributed by atoms with Crippen LogP contribution in [-0.4, -0.2) is 42.6 Å². The van der Waals surface area contributed by atoms with Crippen molar-refractivity contribution in [2.24, 2.45) is 5.92 Å². The molecule has 0 N–H and O–H groups in total. The molecule has 1 aliphatic heterocycles. The van der Waals surface area contributed by atoms with Crippen molar-refractivity contribution in [2.75, 3.05) is 19.7 Å². The van der Waals surface area contributed by atoms with Gasteiger partial charge in [0.25, 0.3) is 0 Å². The van der Waals surface area contributed by atoms with Crippen LogP contribution in [0, 0.1) is 5.92 Å². The van der Waals surface area contributed by atoms with Crippen LogP contribution in [0.25, 0.3) is 0 Å². The number of benzene rings is 1. The van der Waals surface area contributed by atoms with Gasteiger partial charge in [0.1, 0.15) is 11.7 Å². The Morgan fingerprint density at radius 2 is 1.85 bits per heavy atom. The van der Waals surface area contributed by atoms with E-state index >= 15 is 0 Å². The first kappa shape index (κ1) is 21.4. The third-order valence-corrected chi connectivity index (χ3v) is 4.82. The minimum Gasteiger partial charge on any atom is -0.444 e. The molecule has 150 valence electrons. The number of nitrogens with zero attached hydrogens (tertiary/aromatic N) is 1. The summed E-state index contributed by atoms with van der Waals surface area (Å²) in [6.07, 6.45) is 5.42. The molecule has 1 unspecified atom stereocenters. The summed E-state index contributed by atoms with van der Waals surface area (Å²) in [7, 11) is 0. The molecule has 2 rings (SSSR count). The van der Waals surface area contributed by atoms with E-state index in [0.29, 0.717) is 12.5 Å². The van der Waals surface area contributed by atoms with Gasteiger partial charge in [0, 0.05) is 19.7 Å². The molecule has 1 atom stereocenters. The molecule has 0 spiro atoms. The van der Waals surface area contributed by atoms with Crippen molar-refractivity contribution >= 4 is 12.4 Å². The third kappa shape index (κ3) is 7.71. The lowest BCUT2D eigenvalue weighted by atomic mass is 9.92. The zero-order valence-electron chi connectivity index (χ0n) is 16.9. The van der Waals surface area contributed by atoms with Gasteiger partial charge in [0.2, 0.25) is 0 Å². The fraction of sp³-hybridized carbons (Fsp3) is 0.636. The normalized spacial score (nSPS) is 16.8. The number of ether oxygens (including phenoxy) is 2. The molecule has 0 saturated carbocycles. The third-order valence-electron chi connectivity index (χ3n) is 4.82. The highest BCUT2D eigenvalue weighted by molar-refractivity contribution is 5.68. The summed E-state index contributed by atoms with van der Waals surface area (Å²) in [6.45, 7) is 7.83. The fourth-order valence-corrected chi connectivity index (χ4v) is 3.33. The van der Waals surface area contributed by atoms with Crippen LogP contribution in [0.15, 0.2) is 30.3 Å². The Labute approximate surface area is 163 Å². The Kier molecular flexibility index (Phi) is 8.29. The summed E-state index contributed by atoms with van der Waals surface area (Å²) in [5, 5.41) is 0. The van der Waals surface area contributed by atoms with Crippen LogP contribution in [0.4, 0.5) is 4.79 Å². The molecule has 1 saturated heterocycles. The highest BCUT2D eigenvalue weighted by Gasteiger charge is 2.26. The Balaban J connectivity index is 1.59. The molecule has 0 aromatic heterocycles. The number of rotatable bonds is 8. The summed E-state index contributed by atoms with van der Waals surface area (Å²) in [5.74, 6) is 0.652. The molecular weight excluding hydrogens is 342 g/mol. The largest absolute Gasteiger partial charge is 0.444 e. The second kappa shape index (κ2) is 10.5. The van der Waals surface area contributed by atoms with E-state index in [1.54, 1.807) is 0 Å². The summed E-state index contributed by atoms with van der Waals surface area (Å²) < 4.78 is 11.2. The van der Waals surface area contributed by atoms with Crippen LogP contribution in [-0.2, 0) is 14.3 Å². The molecule has 1 aromatic rings. The highest BCUT2D eigenvalue weighted by atomic mass is 16.6. The van der Waals surface area contributed by atoms with E-state index in [-0.39, 0.29) is 6.09 Å². The van der Waals surface area contributed by atoms with E-state index in [0.717, 1.165) is 57.0 Å². The quantitative estimate of drug-likeness (QED) is 0.485. The van der Waals surface area contributed by atoms with E-state index in [9.17, 15) is 9.59 Å². The molecule has 1 aromatic carbocycles. The Morgan fingerprint density at radius 1 is 1.19 bits per heavy atom. The Morgan fingerprint density at radius 3 is 2.44 bits per heavy atom. The molecular formula is C22H33NO4. The molecule has 1 aliphatic rings. The van der Waals surface area contributed by atoms with E-state index < -0.39 is 11.7 Å². The SMILES string of the molecule is CC(C)(C)OC(=O)N1CCC(CCCCOC(C=O)c2ccccc2)CC1. The van der Waals surface area contributed by atoms with Crippen molar-refractivity contribution < 1.29 is 19.1 Å². The van der Waals surface area contributed by atoms with Gasteiger partial charge in [-0.05, 0) is 51.5 Å². The Hall–Kier alpha value is -1.88. The van der Waals surface area contributed by atoms with Gasteiger partial charge in [-0.1, -0.05) is 43.2 Å². The van der Waals surface area contributed by atoms with Crippen LogP contribution in [0.1, 0.15) is 64.5 Å². The highest BCUT2D eigenvalue weighted by Crippen LogP contribution is 2.24. The van der Waals surface area contributed by atoms with Gasteiger partial charge < -0.3 is 19.2 Å². The van der Waals surface area contributed by atoms with Crippen LogP contribution >= 0.6 is 0 Å². The zero-order valence-corrected chi connectivity index (χ0v) is 16.9. The second-order valence-electron chi connectivity index (χ2n) is 8.24. The van der Waals surface area contributed by atoms with E-state index in [2.05, 4.69) is 0 Å². The van der Waals surface area contributed by atoms with Gasteiger partial charge >= 0.3 is 6.09 Å². The standard InChI is InChI=1S/C22H33NO4/c1-22(2,3)27-21(25)23-14-12-18(13-15-23)9-7-8-16-26-20(17-24)19-10-5-4-6-11-19/h4-6,10-11,17-18,20H,7-9,12-16H2,1-3H3. The van der Waals surface area contributed by atoms with Crippen molar-refractivity contribution in [3.8, 4) is 0 Å². The lowest BCUT2D eigenvalue weighted by Crippen LogP contribution is -2.41. The molecule has 0 aliphatic carbocycles. The van der Waals surface area contributed by atoms with Crippen LogP contribution in [0.3, 0.4) is 0 Å². The minimum absolute atomic E-state index is 0.199. The first-order valence-corrected chi connectivity index (χ1v) is 9.99. The molecule has 27 heavy (non-hydrogen) atoms. The first-order valence-electron chi connectivity index (χ1n) is 9.99. The van der Waals surface area contributed by atoms with Crippen molar-refractivity contribution in [3.63, 3.8) is 0 Å². The van der Waals surface area contributed by atoms with Gasteiger partial charge in [0.15, 0.2) is 6.29 Å². The van der Waals surface area contributed by atoms with Crippen molar-refractivity contribution in [2.45, 2.75) is 64.6 Å². The average molecular weight is 376 g/mol. The monoisotopic (exact) mass is 375 g/mol. The number of likely N-dealkylation sites (tertiary alicyclic amines) is 1. The maximum Gasteiger partial charge on any atom is 0.410 e. The topological polar surface area (TPSA) is 55.8 Å². The lowest BCUT2D eigenvalue weighted by molar-refractivity contribution is -0.118. The molecule has 1 fully saturated rings. The minimum atomic E-state index is -0.469. The summed E-state index contributed by atoms with van der Waals surface area (Å²) >= 11 is 0. The molecule has 1 heterocycles. The van der Waals surface area contributed by atoms with Gasteiger partial charge in [-0.15, -0.1) is 0 Å². The van der Waals surface area contributed by atoms with Gasteiger partial charge in [0.05, 0.1) is 0 Å². The van der Waals surface area contributed by atoms with Crippen molar-refractivity contribution in [1.82, 2.24) is 4.90 Å². The number of hydrogen-bond donors (Lipinski definition) is 0. The van der Waals surface area contributed by atoms with Crippen LogP contribution < -0.4 is 0 Å². The van der Waals surface area contributed by atoms with E-state index in [4.69, 9.17) is 9.47 Å². The molecule has 0 bridgehead atoms. The van der Waals surface area contributed by atoms with Gasteiger partial charge in [-0.2, -0.15) is 0 Å². The summed E-state index contributed by atoms with van der Waals surface area (Å²) in [5.41, 5.74) is 0.467. The van der Waals surface area contributed by atoms with Crippen molar-refractivity contribution in [3.05, 3.63) is 35.9 Å². The molecule has 5 heteroatoms. The van der Waals surface area contributed by atoms with E-state index in [1.807, 2.05) is 56.0 Å². The van der Waals surface area contributed by atoms with Crippen molar-refractivity contribution in [1.29, 1.82) is 0 Å². The number of aldehydes is 1. The summed E-state index contributed by atoms with van der Waals surface area (Å²) in [4.78, 5) is 25.1. The number of amides is 1. The smallest absolute Gasteiger partial charge is 0.410 e. The first-order chi connectivity index (χ1) is 12.9. The van der Waals surface area contributed by atoms with Crippen LogP contribution in [0.2, 0.25) is 0 Å². The molecule has 0 radical (unpaired) electrons. The fourth-order valence-electron chi connectivity index (χ4n) is 3.33. The number of piperidine rings is 1. The predicted molar refractivity (Wildman–Crippen MR) is 106 cm³/mol. The number of hydrogen-bond acceptors (Lipinski definition) is 4. The second-order valence-corrected chi connectivity index (χ2v) is 8.24. The van der Waals surface area contributed by atoms with Gasteiger partial charge in [-0.3, -0.25) is 0 Å². The zero-order chi connectivity index (χ0) is 19.7.